The number of rotatable bonds is 4. The molecular formula is C24H33BN4O. The van der Waals surface area contributed by atoms with Gasteiger partial charge < -0.3 is 10.0 Å². The van der Waals surface area contributed by atoms with E-state index >= 15 is 0 Å². The van der Waals surface area contributed by atoms with E-state index < -0.39 is 0 Å². The maximum Gasteiger partial charge on any atom is 0.150 e. The van der Waals surface area contributed by atoms with Crippen LogP contribution in [0.25, 0.3) is 16.7 Å². The van der Waals surface area contributed by atoms with Crippen molar-refractivity contribution in [3.8, 4) is 5.69 Å². The number of piperidine rings is 1. The predicted octanol–water partition coefficient (Wildman–Crippen LogP) is 2.82. The smallest absolute Gasteiger partial charge is 0.150 e. The molecule has 3 aromatic rings. The molecular weight excluding hydrogens is 371 g/mol. The molecule has 5 nitrogen and oxygen atoms in total. The van der Waals surface area contributed by atoms with Crippen molar-refractivity contribution in [2.24, 2.45) is 5.92 Å². The van der Waals surface area contributed by atoms with E-state index in [2.05, 4.69) is 57.1 Å². The summed E-state index contributed by atoms with van der Waals surface area (Å²) in [6, 6.07) is 4.51. The molecule has 1 aliphatic rings. The molecule has 6 heteroatoms. The Balaban J connectivity index is 1.88. The van der Waals surface area contributed by atoms with Crippen molar-refractivity contribution in [1.82, 2.24) is 14.5 Å². The molecule has 1 aliphatic heterocycles. The Morgan fingerprint density at radius 3 is 2.27 bits per heavy atom. The van der Waals surface area contributed by atoms with Gasteiger partial charge in [0.05, 0.1) is 11.1 Å². The highest BCUT2D eigenvalue weighted by Gasteiger charge is 2.26. The molecule has 158 valence electrons. The van der Waals surface area contributed by atoms with Crippen LogP contribution in [0.3, 0.4) is 0 Å². The molecule has 0 bridgehead atoms. The van der Waals surface area contributed by atoms with E-state index in [0.29, 0.717) is 5.92 Å². The van der Waals surface area contributed by atoms with Crippen molar-refractivity contribution in [2.45, 2.75) is 53.9 Å². The minimum Gasteiger partial charge on any atom is -0.396 e. The number of hydrogen-bond donors (Lipinski definition) is 1. The lowest BCUT2D eigenvalue weighted by Gasteiger charge is -2.33. The average molecular weight is 404 g/mol. The molecule has 1 fully saturated rings. The third-order valence-corrected chi connectivity index (χ3v) is 6.76. The van der Waals surface area contributed by atoms with Crippen LogP contribution in [-0.4, -0.2) is 47.2 Å². The molecule has 0 atom stereocenters. The molecule has 3 heterocycles. The predicted molar refractivity (Wildman–Crippen MR) is 127 cm³/mol. The maximum atomic E-state index is 9.28. The van der Waals surface area contributed by atoms with Gasteiger partial charge in [-0.3, -0.25) is 4.57 Å². The van der Waals surface area contributed by atoms with E-state index in [-0.39, 0.29) is 6.61 Å². The number of anilines is 1. The van der Waals surface area contributed by atoms with Crippen LogP contribution in [0.2, 0.25) is 0 Å². The Hall–Kier alpha value is -2.34. The zero-order chi connectivity index (χ0) is 21.6. The van der Waals surface area contributed by atoms with Crippen molar-refractivity contribution in [1.29, 1.82) is 0 Å². The number of aryl methyl sites for hydroxylation is 4. The highest BCUT2D eigenvalue weighted by molar-refractivity contribution is 6.32. The first-order chi connectivity index (χ1) is 14.3. The van der Waals surface area contributed by atoms with E-state index in [4.69, 9.17) is 9.97 Å². The van der Waals surface area contributed by atoms with Crippen molar-refractivity contribution in [3.05, 3.63) is 40.3 Å². The van der Waals surface area contributed by atoms with Crippen LogP contribution in [0.4, 0.5) is 5.82 Å². The molecule has 4 rings (SSSR count). The summed E-state index contributed by atoms with van der Waals surface area (Å²) in [6.45, 7) is 13.0. The molecule has 0 radical (unpaired) electrons. The fourth-order valence-electron chi connectivity index (χ4n) is 5.19. The van der Waals surface area contributed by atoms with Gasteiger partial charge in [0.25, 0.3) is 0 Å². The van der Waals surface area contributed by atoms with Crippen molar-refractivity contribution >= 4 is 30.2 Å². The molecule has 0 spiro atoms. The standard InChI is InChI=1S/C24H33BN4O/c1-14-12-20(25)13-15(2)22(14)29-17(4)16(3)21-23(26-18(5)27-24(21)29)28-9-6-19(7-10-28)8-11-30/h12-13,19,30H,6-11,25H2,1-5H3. The Bertz CT molecular complexity index is 1070. The molecule has 0 saturated carbocycles. The second kappa shape index (κ2) is 8.07. The van der Waals surface area contributed by atoms with Crippen LogP contribution >= 0.6 is 0 Å². The average Bonchev–Trinajstić information content (AvgIpc) is 2.92. The summed E-state index contributed by atoms with van der Waals surface area (Å²) in [7, 11) is 2.15. The summed E-state index contributed by atoms with van der Waals surface area (Å²) in [5.74, 6) is 2.51. The minimum atomic E-state index is 0.290. The van der Waals surface area contributed by atoms with Gasteiger partial charge in [-0.25, -0.2) is 9.97 Å². The lowest BCUT2D eigenvalue weighted by molar-refractivity contribution is 0.240. The molecule has 2 aromatic heterocycles. The zero-order valence-electron chi connectivity index (χ0n) is 19.2. The van der Waals surface area contributed by atoms with Crippen LogP contribution < -0.4 is 10.4 Å². The van der Waals surface area contributed by atoms with Crippen molar-refractivity contribution in [2.75, 3.05) is 24.6 Å². The Labute approximate surface area is 180 Å². The number of aromatic nitrogens is 3. The summed E-state index contributed by atoms with van der Waals surface area (Å²) in [5.41, 5.74) is 8.58. The van der Waals surface area contributed by atoms with Gasteiger partial charge in [0, 0.05) is 25.4 Å². The third kappa shape index (κ3) is 3.51. The normalized spacial score (nSPS) is 15.3. The number of fused-ring (bicyclic) bond motifs is 1. The Kier molecular flexibility index (Phi) is 5.62. The lowest BCUT2D eigenvalue weighted by Crippen LogP contribution is -2.34. The van der Waals surface area contributed by atoms with Crippen LogP contribution in [0.1, 0.15) is 47.5 Å². The first-order valence-electron chi connectivity index (χ1n) is 11.1. The van der Waals surface area contributed by atoms with Crippen molar-refractivity contribution in [3.63, 3.8) is 0 Å². The monoisotopic (exact) mass is 404 g/mol. The number of aliphatic hydroxyl groups is 1. The maximum absolute atomic E-state index is 9.28. The molecule has 30 heavy (non-hydrogen) atoms. The summed E-state index contributed by atoms with van der Waals surface area (Å²) in [5, 5.41) is 10.5. The first-order valence-corrected chi connectivity index (χ1v) is 11.1. The number of benzene rings is 1. The highest BCUT2D eigenvalue weighted by Crippen LogP contribution is 2.36. The lowest BCUT2D eigenvalue weighted by atomic mass is 9.91. The summed E-state index contributed by atoms with van der Waals surface area (Å²) in [4.78, 5) is 12.3. The largest absolute Gasteiger partial charge is 0.396 e. The van der Waals surface area contributed by atoms with Gasteiger partial charge in [-0.15, -0.1) is 0 Å². The molecule has 1 saturated heterocycles. The van der Waals surface area contributed by atoms with E-state index in [1.807, 2.05) is 6.92 Å². The molecule has 1 aromatic carbocycles. The molecule has 1 N–H and O–H groups in total. The summed E-state index contributed by atoms with van der Waals surface area (Å²) >= 11 is 0. The minimum absolute atomic E-state index is 0.290. The van der Waals surface area contributed by atoms with Crippen LogP contribution in [-0.2, 0) is 0 Å². The Morgan fingerprint density at radius 2 is 1.67 bits per heavy atom. The number of hydrogen-bond acceptors (Lipinski definition) is 4. The van der Waals surface area contributed by atoms with E-state index in [9.17, 15) is 5.11 Å². The topological polar surface area (TPSA) is 54.2 Å². The van der Waals surface area contributed by atoms with E-state index in [0.717, 1.165) is 49.6 Å². The molecule has 0 unspecified atom stereocenters. The van der Waals surface area contributed by atoms with Gasteiger partial charge >= 0.3 is 0 Å². The second-order valence-electron chi connectivity index (χ2n) is 9.03. The van der Waals surface area contributed by atoms with Crippen LogP contribution in [0, 0.1) is 40.5 Å². The van der Waals surface area contributed by atoms with E-state index in [1.165, 1.54) is 38.9 Å². The number of aliphatic hydroxyl groups excluding tert-OH is 1. The quantitative estimate of drug-likeness (QED) is 0.680. The summed E-state index contributed by atoms with van der Waals surface area (Å²) in [6.07, 6.45) is 3.13. The fraction of sp³-hybridized carbons (Fsp3) is 0.500. The van der Waals surface area contributed by atoms with Gasteiger partial charge in [-0.05, 0) is 76.5 Å². The van der Waals surface area contributed by atoms with Gasteiger partial charge in [0.2, 0.25) is 0 Å². The van der Waals surface area contributed by atoms with Crippen LogP contribution in [0.5, 0.6) is 0 Å². The van der Waals surface area contributed by atoms with Gasteiger partial charge in [0.15, 0.2) is 5.65 Å². The van der Waals surface area contributed by atoms with Crippen LogP contribution in [0.15, 0.2) is 12.1 Å². The molecule has 0 aliphatic carbocycles. The number of nitrogens with zero attached hydrogens (tertiary/aromatic N) is 4. The zero-order valence-corrected chi connectivity index (χ0v) is 19.2. The van der Waals surface area contributed by atoms with Gasteiger partial charge in [-0.2, -0.15) is 0 Å². The van der Waals surface area contributed by atoms with Gasteiger partial charge in [0.1, 0.15) is 19.5 Å². The highest BCUT2D eigenvalue weighted by atomic mass is 16.3. The van der Waals surface area contributed by atoms with E-state index in [1.54, 1.807) is 0 Å². The van der Waals surface area contributed by atoms with Crippen molar-refractivity contribution < 1.29 is 5.11 Å². The summed E-state index contributed by atoms with van der Waals surface area (Å²) < 4.78 is 2.34. The third-order valence-electron chi connectivity index (χ3n) is 6.76. The Morgan fingerprint density at radius 1 is 1.03 bits per heavy atom. The molecule has 0 amide bonds. The first kappa shape index (κ1) is 20.9. The fourth-order valence-corrected chi connectivity index (χ4v) is 5.19. The second-order valence-corrected chi connectivity index (χ2v) is 9.03. The van der Waals surface area contributed by atoms with Gasteiger partial charge in [-0.1, -0.05) is 17.6 Å². The SMILES string of the molecule is Bc1cc(C)c(-n2c(C)c(C)c3c(N4CCC(CCO)CC4)nc(C)nc32)c(C)c1.